The van der Waals surface area contributed by atoms with Crippen molar-refractivity contribution < 1.29 is 14.6 Å². The number of benzene rings is 1. The summed E-state index contributed by atoms with van der Waals surface area (Å²) < 4.78 is 5.47. The van der Waals surface area contributed by atoms with Crippen molar-refractivity contribution in [2.75, 3.05) is 32.8 Å². The standard InChI is InChI=1S/C21H28N2O3/c24-17-3-1-2-16(12-17)18-13-23(21(25)15-6-10-26-11-7-15)19-14-4-8-22(9-5-14)20(18)19/h1-3,12,14-15,18-20,24H,4-11,13H2/t18-,19+,20+/m0/s1. The number of ether oxygens (including phenoxy) is 1. The molecule has 5 saturated heterocycles. The number of aromatic hydroxyl groups is 1. The molecule has 5 heterocycles. The molecule has 0 radical (unpaired) electrons. The molecule has 1 aromatic carbocycles. The zero-order valence-corrected chi connectivity index (χ0v) is 15.2. The first-order valence-electron chi connectivity index (χ1n) is 10.1. The van der Waals surface area contributed by atoms with Crippen molar-refractivity contribution in [3.8, 4) is 5.75 Å². The van der Waals surface area contributed by atoms with Crippen LogP contribution in [0.25, 0.3) is 0 Å². The molecule has 5 aliphatic heterocycles. The molecule has 1 amide bonds. The Labute approximate surface area is 154 Å². The lowest BCUT2D eigenvalue weighted by atomic mass is 9.75. The van der Waals surface area contributed by atoms with E-state index < -0.39 is 0 Å². The molecule has 0 aromatic heterocycles. The molecule has 5 fully saturated rings. The molecule has 6 rings (SSSR count). The molecule has 0 unspecified atom stereocenters. The predicted molar refractivity (Wildman–Crippen MR) is 98.0 cm³/mol. The molecule has 0 spiro atoms. The first kappa shape index (κ1) is 16.6. The minimum absolute atomic E-state index is 0.128. The first-order chi connectivity index (χ1) is 12.7. The topological polar surface area (TPSA) is 53.0 Å². The Balaban J connectivity index is 1.47. The van der Waals surface area contributed by atoms with Gasteiger partial charge in [-0.1, -0.05) is 12.1 Å². The van der Waals surface area contributed by atoms with Crippen LogP contribution in [0.5, 0.6) is 5.75 Å². The van der Waals surface area contributed by atoms with Crippen molar-refractivity contribution >= 4 is 5.91 Å². The zero-order valence-electron chi connectivity index (χ0n) is 15.2. The highest BCUT2D eigenvalue weighted by Gasteiger charge is 2.55. The van der Waals surface area contributed by atoms with Gasteiger partial charge in [-0.05, 0) is 62.4 Å². The minimum atomic E-state index is 0.128. The number of piperidine rings is 3. The van der Waals surface area contributed by atoms with Crippen LogP contribution in [0.3, 0.4) is 0 Å². The summed E-state index contributed by atoms with van der Waals surface area (Å²) in [6, 6.07) is 8.43. The highest BCUT2D eigenvalue weighted by Crippen LogP contribution is 2.47. The first-order valence-corrected chi connectivity index (χ1v) is 10.1. The lowest BCUT2D eigenvalue weighted by molar-refractivity contribution is -0.143. The number of hydrogen-bond donors (Lipinski definition) is 1. The van der Waals surface area contributed by atoms with Gasteiger partial charge in [0.2, 0.25) is 5.91 Å². The molecule has 5 nitrogen and oxygen atoms in total. The average Bonchev–Trinajstić information content (AvgIpc) is 3.12. The predicted octanol–water partition coefficient (Wildman–Crippen LogP) is 2.21. The maximum atomic E-state index is 13.4. The third-order valence-electron chi connectivity index (χ3n) is 7.15. The number of amides is 1. The van der Waals surface area contributed by atoms with E-state index in [-0.39, 0.29) is 5.92 Å². The van der Waals surface area contributed by atoms with Gasteiger partial charge in [-0.25, -0.2) is 0 Å². The largest absolute Gasteiger partial charge is 0.508 e. The maximum absolute atomic E-state index is 13.4. The lowest BCUT2D eigenvalue weighted by Gasteiger charge is -2.51. The number of nitrogens with zero attached hydrogens (tertiary/aromatic N) is 2. The fourth-order valence-electron chi connectivity index (χ4n) is 5.90. The van der Waals surface area contributed by atoms with Gasteiger partial charge in [0.1, 0.15) is 5.75 Å². The highest BCUT2D eigenvalue weighted by molar-refractivity contribution is 5.80. The summed E-state index contributed by atoms with van der Waals surface area (Å²) in [5.41, 5.74) is 1.18. The SMILES string of the molecule is O=C(C1CCOCC1)N1C[C@@H](c2cccc(O)c2)[C@@H]2[C@H]1C1CCN2CC1. The quantitative estimate of drug-likeness (QED) is 0.883. The van der Waals surface area contributed by atoms with Gasteiger partial charge in [0, 0.05) is 37.6 Å². The van der Waals surface area contributed by atoms with Crippen LogP contribution in [0.1, 0.15) is 37.2 Å². The fraction of sp³-hybridized carbons (Fsp3) is 0.667. The molecule has 1 aromatic rings. The fourth-order valence-corrected chi connectivity index (χ4v) is 5.90. The summed E-state index contributed by atoms with van der Waals surface area (Å²) in [6.07, 6.45) is 4.15. The van der Waals surface area contributed by atoms with E-state index in [0.717, 1.165) is 32.5 Å². The van der Waals surface area contributed by atoms with E-state index in [1.54, 1.807) is 6.07 Å². The molecule has 1 N–H and O–H groups in total. The molecular formula is C21H28N2O3. The second kappa shape index (κ2) is 6.54. The average molecular weight is 356 g/mol. The molecule has 5 aliphatic rings. The number of likely N-dealkylation sites (tertiary alicyclic amines) is 1. The van der Waals surface area contributed by atoms with Crippen molar-refractivity contribution in [1.29, 1.82) is 0 Å². The molecule has 3 atom stereocenters. The lowest BCUT2D eigenvalue weighted by Crippen LogP contribution is -2.61. The Bertz CT molecular complexity index is 680. The third-order valence-corrected chi connectivity index (χ3v) is 7.15. The van der Waals surface area contributed by atoms with E-state index in [2.05, 4.69) is 15.9 Å². The summed E-state index contributed by atoms with van der Waals surface area (Å²) in [7, 11) is 0. The number of fused-ring (bicyclic) bond motifs is 2. The van der Waals surface area contributed by atoms with Gasteiger partial charge in [-0.15, -0.1) is 0 Å². The van der Waals surface area contributed by atoms with Crippen LogP contribution in [0.4, 0.5) is 0 Å². The molecule has 0 aliphatic carbocycles. The smallest absolute Gasteiger partial charge is 0.226 e. The van der Waals surface area contributed by atoms with E-state index >= 15 is 0 Å². The third kappa shape index (κ3) is 2.64. The Hall–Kier alpha value is -1.59. The summed E-state index contributed by atoms with van der Waals surface area (Å²) in [5.74, 6) is 1.74. The summed E-state index contributed by atoms with van der Waals surface area (Å²) in [5, 5.41) is 9.97. The molecule has 5 heteroatoms. The van der Waals surface area contributed by atoms with Gasteiger partial charge in [0.25, 0.3) is 0 Å². The number of phenols is 1. The second-order valence-electron chi connectivity index (χ2n) is 8.43. The van der Waals surface area contributed by atoms with Crippen LogP contribution < -0.4 is 0 Å². The molecule has 2 bridgehead atoms. The summed E-state index contributed by atoms with van der Waals surface area (Å²) >= 11 is 0. The van der Waals surface area contributed by atoms with Crippen LogP contribution >= 0.6 is 0 Å². The van der Waals surface area contributed by atoms with Gasteiger partial charge in [-0.3, -0.25) is 9.69 Å². The van der Waals surface area contributed by atoms with Crippen LogP contribution in [0, 0.1) is 11.8 Å². The van der Waals surface area contributed by atoms with E-state index in [9.17, 15) is 9.90 Å². The molecule has 0 saturated carbocycles. The Morgan fingerprint density at radius 1 is 1.08 bits per heavy atom. The number of hydrogen-bond acceptors (Lipinski definition) is 4. The van der Waals surface area contributed by atoms with E-state index in [0.29, 0.717) is 48.8 Å². The van der Waals surface area contributed by atoms with Crippen LogP contribution in [-0.4, -0.2) is 65.7 Å². The monoisotopic (exact) mass is 356 g/mol. The molecule has 26 heavy (non-hydrogen) atoms. The van der Waals surface area contributed by atoms with Gasteiger partial charge >= 0.3 is 0 Å². The van der Waals surface area contributed by atoms with Crippen LogP contribution in [0.2, 0.25) is 0 Å². The summed E-state index contributed by atoms with van der Waals surface area (Å²) in [6.45, 7) is 4.52. The zero-order chi connectivity index (χ0) is 17.7. The van der Waals surface area contributed by atoms with Crippen molar-refractivity contribution in [2.24, 2.45) is 11.8 Å². The Kier molecular flexibility index (Phi) is 4.17. The number of rotatable bonds is 2. The highest BCUT2D eigenvalue weighted by atomic mass is 16.5. The van der Waals surface area contributed by atoms with Crippen molar-refractivity contribution in [3.05, 3.63) is 29.8 Å². The van der Waals surface area contributed by atoms with E-state index in [1.165, 1.54) is 18.4 Å². The molecular weight excluding hydrogens is 328 g/mol. The Morgan fingerprint density at radius 2 is 1.85 bits per heavy atom. The van der Waals surface area contributed by atoms with Crippen molar-refractivity contribution in [3.63, 3.8) is 0 Å². The number of phenolic OH excluding ortho intramolecular Hbond substituents is 1. The van der Waals surface area contributed by atoms with Gasteiger partial charge in [-0.2, -0.15) is 0 Å². The maximum Gasteiger partial charge on any atom is 0.226 e. The van der Waals surface area contributed by atoms with Gasteiger partial charge < -0.3 is 14.7 Å². The Morgan fingerprint density at radius 3 is 2.58 bits per heavy atom. The van der Waals surface area contributed by atoms with Crippen molar-refractivity contribution in [1.82, 2.24) is 9.80 Å². The van der Waals surface area contributed by atoms with Crippen molar-refractivity contribution in [2.45, 2.75) is 43.7 Å². The van der Waals surface area contributed by atoms with E-state index in [1.807, 2.05) is 12.1 Å². The number of carbonyl (C=O) groups excluding carboxylic acids is 1. The minimum Gasteiger partial charge on any atom is -0.508 e. The summed E-state index contributed by atoms with van der Waals surface area (Å²) in [4.78, 5) is 18.2. The van der Waals surface area contributed by atoms with Gasteiger partial charge in [0.05, 0.1) is 6.04 Å². The second-order valence-corrected chi connectivity index (χ2v) is 8.43. The van der Waals surface area contributed by atoms with Crippen LogP contribution in [0.15, 0.2) is 24.3 Å². The van der Waals surface area contributed by atoms with Gasteiger partial charge in [0.15, 0.2) is 0 Å². The normalized spacial score (nSPS) is 36.9. The van der Waals surface area contributed by atoms with Crippen LogP contribution in [-0.2, 0) is 9.53 Å². The number of carbonyl (C=O) groups is 1. The van der Waals surface area contributed by atoms with E-state index in [4.69, 9.17) is 4.74 Å². The molecule has 140 valence electrons.